The summed E-state index contributed by atoms with van der Waals surface area (Å²) in [5.41, 5.74) is 6.92. The van der Waals surface area contributed by atoms with Crippen molar-refractivity contribution in [3.63, 3.8) is 0 Å². The molecule has 0 spiro atoms. The summed E-state index contributed by atoms with van der Waals surface area (Å²) in [7, 11) is 0. The van der Waals surface area contributed by atoms with E-state index < -0.39 is 0 Å². The first-order chi connectivity index (χ1) is 9.15. The van der Waals surface area contributed by atoms with Gasteiger partial charge in [-0.3, -0.25) is 4.68 Å². The summed E-state index contributed by atoms with van der Waals surface area (Å²) in [5.74, 6) is 1.59. The maximum atomic E-state index is 5.42. The van der Waals surface area contributed by atoms with Crippen LogP contribution in [0.5, 0.6) is 11.5 Å². The lowest BCUT2D eigenvalue weighted by Gasteiger charge is -2.13. The Morgan fingerprint density at radius 2 is 1.95 bits per heavy atom. The van der Waals surface area contributed by atoms with E-state index in [9.17, 15) is 0 Å². The van der Waals surface area contributed by atoms with Crippen molar-refractivity contribution in [1.29, 1.82) is 0 Å². The zero-order valence-electron chi connectivity index (χ0n) is 10.9. The molecule has 1 N–H and O–H groups in total. The van der Waals surface area contributed by atoms with Crippen molar-refractivity contribution >= 4 is 15.9 Å². The van der Waals surface area contributed by atoms with E-state index in [4.69, 9.17) is 9.47 Å². The molecule has 5 heteroatoms. The quantitative estimate of drug-likeness (QED) is 0.941. The van der Waals surface area contributed by atoms with Gasteiger partial charge in [0.1, 0.15) is 0 Å². The molecule has 100 valence electrons. The van der Waals surface area contributed by atoms with Crippen LogP contribution in [0, 0.1) is 13.8 Å². The predicted molar refractivity (Wildman–Crippen MR) is 77.2 cm³/mol. The molecule has 0 unspecified atom stereocenters. The van der Waals surface area contributed by atoms with Gasteiger partial charge < -0.3 is 14.9 Å². The van der Waals surface area contributed by atoms with E-state index in [1.54, 1.807) is 0 Å². The molecule has 1 aromatic heterocycles. The van der Waals surface area contributed by atoms with Crippen molar-refractivity contribution in [3.05, 3.63) is 45.7 Å². The monoisotopic (exact) mass is 322 g/mol. The summed E-state index contributed by atoms with van der Waals surface area (Å²) in [5, 5.41) is 0. The fourth-order valence-electron chi connectivity index (χ4n) is 2.21. The summed E-state index contributed by atoms with van der Waals surface area (Å²) < 4.78 is 13.8. The number of benzene rings is 1. The molecule has 0 aliphatic carbocycles. The van der Waals surface area contributed by atoms with E-state index >= 15 is 0 Å². The zero-order chi connectivity index (χ0) is 13.4. The maximum absolute atomic E-state index is 5.42. The van der Waals surface area contributed by atoms with Crippen LogP contribution < -0.4 is 14.9 Å². The second kappa shape index (κ2) is 4.81. The van der Waals surface area contributed by atoms with Crippen LogP contribution in [0.2, 0.25) is 0 Å². The Labute approximate surface area is 120 Å². The summed E-state index contributed by atoms with van der Waals surface area (Å²) >= 11 is 3.51. The largest absolute Gasteiger partial charge is 0.454 e. The number of rotatable bonds is 3. The third-order valence-electron chi connectivity index (χ3n) is 3.20. The summed E-state index contributed by atoms with van der Waals surface area (Å²) in [6, 6.07) is 8.25. The van der Waals surface area contributed by atoms with Crippen LogP contribution in [-0.2, 0) is 6.54 Å². The molecule has 0 bridgehead atoms. The molecule has 1 aromatic carbocycles. The summed E-state index contributed by atoms with van der Waals surface area (Å²) in [4.78, 5) is 0. The molecular weight excluding hydrogens is 308 g/mol. The zero-order valence-corrected chi connectivity index (χ0v) is 12.5. The lowest BCUT2D eigenvalue weighted by atomic mass is 10.2. The first-order valence-electron chi connectivity index (χ1n) is 6.12. The fraction of sp³-hybridized carbons (Fsp3) is 0.286. The third-order valence-corrected chi connectivity index (χ3v) is 3.79. The van der Waals surface area contributed by atoms with Crippen molar-refractivity contribution in [2.75, 3.05) is 12.2 Å². The van der Waals surface area contributed by atoms with Crippen LogP contribution >= 0.6 is 15.9 Å². The molecule has 2 heterocycles. The molecule has 0 atom stereocenters. The van der Waals surface area contributed by atoms with Gasteiger partial charge in [0.15, 0.2) is 11.5 Å². The van der Waals surface area contributed by atoms with Gasteiger partial charge in [-0.05, 0) is 59.6 Å². The molecule has 0 saturated carbocycles. The van der Waals surface area contributed by atoms with Gasteiger partial charge in [0.25, 0.3) is 0 Å². The first kappa shape index (κ1) is 12.4. The Kier molecular flexibility index (Phi) is 3.14. The number of hydrogen-bond acceptors (Lipinski definition) is 3. The van der Waals surface area contributed by atoms with E-state index in [0.29, 0.717) is 6.79 Å². The highest BCUT2D eigenvalue weighted by Crippen LogP contribution is 2.39. The average Bonchev–Trinajstić information content (AvgIpc) is 2.96. The summed E-state index contributed by atoms with van der Waals surface area (Å²) in [6.07, 6.45) is 0. The van der Waals surface area contributed by atoms with Crippen LogP contribution in [0.15, 0.2) is 28.7 Å². The number of fused-ring (bicyclic) bond motifs is 1. The Balaban J connectivity index is 1.79. The Morgan fingerprint density at radius 3 is 2.68 bits per heavy atom. The van der Waals surface area contributed by atoms with Crippen molar-refractivity contribution in [2.24, 2.45) is 0 Å². The second-order valence-electron chi connectivity index (χ2n) is 4.60. The molecule has 1 aliphatic rings. The fourth-order valence-corrected chi connectivity index (χ4v) is 2.81. The molecule has 0 fully saturated rings. The van der Waals surface area contributed by atoms with Crippen molar-refractivity contribution in [3.8, 4) is 11.5 Å². The number of nitrogens with one attached hydrogen (secondary N) is 1. The maximum Gasteiger partial charge on any atom is 0.231 e. The predicted octanol–water partition coefficient (Wildman–Crippen LogP) is 3.34. The molecule has 0 amide bonds. The van der Waals surface area contributed by atoms with Gasteiger partial charge in [0.2, 0.25) is 6.79 Å². The van der Waals surface area contributed by atoms with Crippen molar-refractivity contribution < 1.29 is 9.47 Å². The molecule has 3 rings (SSSR count). The molecular formula is C14H15BrN2O2. The molecule has 2 aromatic rings. The van der Waals surface area contributed by atoms with Crippen LogP contribution in [-0.4, -0.2) is 11.5 Å². The van der Waals surface area contributed by atoms with E-state index in [-0.39, 0.29) is 0 Å². The van der Waals surface area contributed by atoms with E-state index in [1.165, 1.54) is 11.4 Å². The lowest BCUT2D eigenvalue weighted by Crippen LogP contribution is -2.16. The van der Waals surface area contributed by atoms with Gasteiger partial charge in [-0.2, -0.15) is 0 Å². The van der Waals surface area contributed by atoms with Gasteiger partial charge in [-0.25, -0.2) is 0 Å². The number of nitrogens with zero attached hydrogens (tertiary/aromatic N) is 1. The minimum Gasteiger partial charge on any atom is -0.454 e. The SMILES string of the molecule is Cc1ccc(C)n1NCc1cc(Br)c2c(c1)OCO2. The molecule has 4 nitrogen and oxygen atoms in total. The average molecular weight is 323 g/mol. The number of aryl methyl sites for hydroxylation is 2. The van der Waals surface area contributed by atoms with Crippen molar-refractivity contribution in [1.82, 2.24) is 4.68 Å². The Hall–Kier alpha value is -1.62. The van der Waals surface area contributed by atoms with Gasteiger partial charge in [-0.15, -0.1) is 0 Å². The lowest BCUT2D eigenvalue weighted by molar-refractivity contribution is 0.173. The first-order valence-corrected chi connectivity index (χ1v) is 6.91. The highest BCUT2D eigenvalue weighted by atomic mass is 79.9. The van der Waals surface area contributed by atoms with Crippen molar-refractivity contribution in [2.45, 2.75) is 20.4 Å². The van der Waals surface area contributed by atoms with Gasteiger partial charge in [0, 0.05) is 11.4 Å². The standard InChI is InChI=1S/C14H15BrN2O2/c1-9-3-4-10(2)17(9)16-7-11-5-12(15)14-13(6-11)18-8-19-14/h3-6,16H,7-8H2,1-2H3. The minimum absolute atomic E-state index is 0.292. The normalized spacial score (nSPS) is 12.8. The van der Waals surface area contributed by atoms with E-state index in [1.807, 2.05) is 6.07 Å². The van der Waals surface area contributed by atoms with Gasteiger partial charge >= 0.3 is 0 Å². The molecule has 0 saturated heterocycles. The topological polar surface area (TPSA) is 35.4 Å². The van der Waals surface area contributed by atoms with E-state index in [0.717, 1.165) is 28.1 Å². The highest BCUT2D eigenvalue weighted by Gasteiger charge is 2.17. The molecule has 19 heavy (non-hydrogen) atoms. The van der Waals surface area contributed by atoms with Crippen LogP contribution in [0.3, 0.4) is 0 Å². The second-order valence-corrected chi connectivity index (χ2v) is 5.45. The van der Waals surface area contributed by atoms with Crippen LogP contribution in [0.25, 0.3) is 0 Å². The minimum atomic E-state index is 0.292. The number of ether oxygens (including phenoxy) is 2. The number of hydrogen-bond donors (Lipinski definition) is 1. The smallest absolute Gasteiger partial charge is 0.231 e. The van der Waals surface area contributed by atoms with E-state index in [2.05, 4.69) is 58.1 Å². The number of halogens is 1. The number of aromatic nitrogens is 1. The van der Waals surface area contributed by atoms with Crippen LogP contribution in [0.4, 0.5) is 0 Å². The van der Waals surface area contributed by atoms with Gasteiger partial charge in [-0.1, -0.05) is 0 Å². The molecule has 1 aliphatic heterocycles. The summed E-state index contributed by atoms with van der Waals surface area (Å²) in [6.45, 7) is 5.18. The Bertz CT molecular complexity index is 603. The van der Waals surface area contributed by atoms with Crippen LogP contribution in [0.1, 0.15) is 17.0 Å². The van der Waals surface area contributed by atoms with Gasteiger partial charge in [0.05, 0.1) is 11.0 Å². The Morgan fingerprint density at radius 1 is 1.21 bits per heavy atom. The molecule has 0 radical (unpaired) electrons. The highest BCUT2D eigenvalue weighted by molar-refractivity contribution is 9.10. The third kappa shape index (κ3) is 2.30.